The number of aromatic nitrogens is 6. The van der Waals surface area contributed by atoms with Crippen LogP contribution >= 0.6 is 0 Å². The molecule has 0 saturated heterocycles. The summed E-state index contributed by atoms with van der Waals surface area (Å²) in [4.78, 5) is 25.9. The van der Waals surface area contributed by atoms with Gasteiger partial charge >= 0.3 is 0 Å². The second-order valence-corrected chi connectivity index (χ2v) is 11.8. The molecule has 5 heterocycles. The Morgan fingerprint density at radius 3 is 1.56 bits per heavy atom. The van der Waals surface area contributed by atoms with Crippen molar-refractivity contribution in [3.8, 4) is 11.1 Å². The predicted octanol–water partition coefficient (Wildman–Crippen LogP) is 7.23. The number of para-hydroxylation sites is 4. The number of nitrogens with zero attached hydrogens (tertiary/aromatic N) is 7. The minimum atomic E-state index is 0.740. The first kappa shape index (κ1) is 32.0. The van der Waals surface area contributed by atoms with Gasteiger partial charge in [-0.1, -0.05) is 24.3 Å². The van der Waals surface area contributed by atoms with Crippen LogP contribution in [-0.2, 0) is 19.4 Å². The van der Waals surface area contributed by atoms with Crippen LogP contribution in [0.15, 0.2) is 183 Å². The normalized spacial score (nSPS) is 13.2. The number of hydrogen-bond acceptors (Lipinski definition) is 7. The molecule has 244 valence electrons. The van der Waals surface area contributed by atoms with Gasteiger partial charge in [0.05, 0.1) is 22.1 Å². The van der Waals surface area contributed by atoms with Crippen molar-refractivity contribution in [3.63, 3.8) is 0 Å². The number of rotatable bonds is 7. The first-order valence-corrected chi connectivity index (χ1v) is 16.7. The van der Waals surface area contributed by atoms with Gasteiger partial charge in [-0.05, 0) is 101 Å². The lowest BCUT2D eigenvalue weighted by atomic mass is 10.1. The summed E-state index contributed by atoms with van der Waals surface area (Å²) < 4.78 is 2.17. The van der Waals surface area contributed by atoms with E-state index in [1.54, 1.807) is 0 Å². The lowest BCUT2D eigenvalue weighted by molar-refractivity contribution is -0.696. The number of pyridine rings is 2. The molecule has 2 aliphatic rings. The van der Waals surface area contributed by atoms with Gasteiger partial charge in [-0.15, -0.1) is 0 Å². The van der Waals surface area contributed by atoms with Gasteiger partial charge in [0, 0.05) is 87.1 Å². The summed E-state index contributed by atoms with van der Waals surface area (Å²) in [5, 5.41) is 3.08. The Labute approximate surface area is 291 Å². The highest BCUT2D eigenvalue weighted by Gasteiger charge is 2.06. The number of benzene rings is 2. The van der Waals surface area contributed by atoms with E-state index in [0.29, 0.717) is 0 Å². The van der Waals surface area contributed by atoms with Gasteiger partial charge in [-0.2, -0.15) is 0 Å². The third-order valence-corrected chi connectivity index (χ3v) is 8.41. The van der Waals surface area contributed by atoms with Gasteiger partial charge in [0.15, 0.2) is 18.9 Å². The smallest absolute Gasteiger partial charge is 0.169 e. The SMILES string of the molecule is C1=CC(=C2C=CN(CCc3cnc4ccccc4ncc(CC[n+]4ccc(-c5ccncc5)cc4)cnc4ccccc4nc3)C=C2)C=CN1. The van der Waals surface area contributed by atoms with Gasteiger partial charge in [0.2, 0.25) is 0 Å². The largest absolute Gasteiger partial charge is 0.368 e. The van der Waals surface area contributed by atoms with Crippen LogP contribution in [0, 0.1) is 0 Å². The molecule has 0 bridgehead atoms. The number of allylic oxidation sites excluding steroid dienone is 6. The van der Waals surface area contributed by atoms with Crippen LogP contribution in [0.1, 0.15) is 11.1 Å². The molecule has 0 amide bonds. The zero-order chi connectivity index (χ0) is 33.8. The number of dihydropyridines is 1. The summed E-state index contributed by atoms with van der Waals surface area (Å²) in [5.41, 5.74) is 9.81. The van der Waals surface area contributed by atoms with E-state index in [0.717, 1.165) is 70.3 Å². The Kier molecular flexibility index (Phi) is 10.3. The minimum absolute atomic E-state index is 0.740. The summed E-state index contributed by atoms with van der Waals surface area (Å²) in [6.07, 6.45) is 33.5. The Bertz CT molecular complexity index is 2150. The van der Waals surface area contributed by atoms with E-state index in [9.17, 15) is 0 Å². The van der Waals surface area contributed by atoms with Crippen molar-refractivity contribution in [2.24, 2.45) is 0 Å². The second-order valence-electron chi connectivity index (χ2n) is 11.8. The fourth-order valence-electron chi connectivity index (χ4n) is 5.54. The van der Waals surface area contributed by atoms with E-state index in [1.807, 2.05) is 110 Å². The topological polar surface area (TPSA) is 83.6 Å². The molecule has 0 spiro atoms. The zero-order valence-corrected chi connectivity index (χ0v) is 27.6. The quantitative estimate of drug-likeness (QED) is 0.186. The molecule has 0 radical (unpaired) electrons. The van der Waals surface area contributed by atoms with Crippen LogP contribution in [-0.4, -0.2) is 36.4 Å². The molecule has 0 fully saturated rings. The van der Waals surface area contributed by atoms with Crippen LogP contribution < -0.4 is 9.88 Å². The maximum absolute atomic E-state index is 4.90. The summed E-state index contributed by atoms with van der Waals surface area (Å²) in [7, 11) is 0. The van der Waals surface area contributed by atoms with Gasteiger partial charge in [-0.25, -0.2) is 4.57 Å². The van der Waals surface area contributed by atoms with Crippen molar-refractivity contribution in [3.05, 3.63) is 194 Å². The highest BCUT2D eigenvalue weighted by Crippen LogP contribution is 2.18. The zero-order valence-electron chi connectivity index (χ0n) is 27.6. The third-order valence-electron chi connectivity index (χ3n) is 8.41. The number of aryl methyl sites for hydroxylation is 2. The fourth-order valence-corrected chi connectivity index (χ4v) is 5.54. The maximum atomic E-state index is 4.90. The monoisotopic (exact) mass is 653 g/mol. The summed E-state index contributed by atoms with van der Waals surface area (Å²) in [5.74, 6) is 0. The van der Waals surface area contributed by atoms with Gasteiger partial charge in [0.1, 0.15) is 0 Å². The average molecular weight is 654 g/mol. The van der Waals surface area contributed by atoms with E-state index in [4.69, 9.17) is 19.9 Å². The highest BCUT2D eigenvalue weighted by atomic mass is 15.1. The van der Waals surface area contributed by atoms with Gasteiger partial charge in [-0.3, -0.25) is 24.9 Å². The average Bonchev–Trinajstić information content (AvgIpc) is 3.19. The standard InChI is InChI=1S/C42H37N8/c1-2-6-40-39(5-1)45-29-33(13-23-49-25-15-37(16-26-49)35-9-19-43-20-10-35)31-47-41-7-3-4-8-42(41)48-32-34(30-46-40)14-24-50-27-17-38(18-28-50)36-11-21-44-22-12-36/h1-12,15-22,25-32,43H,13-14,23-24H2/q+1. The number of hydrogen-bond donors (Lipinski definition) is 1. The van der Waals surface area contributed by atoms with Crippen LogP contribution in [0.2, 0.25) is 0 Å². The maximum Gasteiger partial charge on any atom is 0.169 e. The van der Waals surface area contributed by atoms with E-state index < -0.39 is 0 Å². The van der Waals surface area contributed by atoms with E-state index >= 15 is 0 Å². The summed E-state index contributed by atoms with van der Waals surface area (Å²) in [6, 6.07) is 24.2. The molecule has 8 nitrogen and oxygen atoms in total. The molecule has 5 aromatic rings. The van der Waals surface area contributed by atoms with Crippen molar-refractivity contribution in [1.82, 2.24) is 35.1 Å². The van der Waals surface area contributed by atoms with Crippen LogP contribution in [0.3, 0.4) is 0 Å². The predicted molar refractivity (Wildman–Crippen MR) is 199 cm³/mol. The Morgan fingerprint density at radius 2 is 1.02 bits per heavy atom. The Morgan fingerprint density at radius 1 is 0.540 bits per heavy atom. The fraction of sp³-hybridized carbons (Fsp3) is 0.0952. The molecule has 0 atom stereocenters. The number of fused-ring (bicyclic) bond motifs is 2. The van der Waals surface area contributed by atoms with Crippen molar-refractivity contribution < 1.29 is 4.57 Å². The molecule has 2 aromatic carbocycles. The van der Waals surface area contributed by atoms with Crippen LogP contribution in [0.25, 0.3) is 33.2 Å². The molecule has 0 saturated carbocycles. The minimum Gasteiger partial charge on any atom is -0.368 e. The van der Waals surface area contributed by atoms with Crippen molar-refractivity contribution in [2.75, 3.05) is 6.54 Å². The molecule has 1 N–H and O–H groups in total. The summed E-state index contributed by atoms with van der Waals surface area (Å²) >= 11 is 0. The lowest BCUT2D eigenvalue weighted by Gasteiger charge is -2.19. The first-order valence-electron chi connectivity index (χ1n) is 16.7. The van der Waals surface area contributed by atoms with E-state index in [1.165, 1.54) is 11.1 Å². The van der Waals surface area contributed by atoms with E-state index in [-0.39, 0.29) is 0 Å². The van der Waals surface area contributed by atoms with Crippen molar-refractivity contribution in [2.45, 2.75) is 19.4 Å². The van der Waals surface area contributed by atoms with Gasteiger partial charge < -0.3 is 10.2 Å². The second kappa shape index (κ2) is 16.0. The van der Waals surface area contributed by atoms with Crippen molar-refractivity contribution in [1.29, 1.82) is 0 Å². The van der Waals surface area contributed by atoms with Crippen molar-refractivity contribution >= 4 is 22.1 Å². The molecule has 0 aliphatic carbocycles. The molecule has 50 heavy (non-hydrogen) atoms. The first-order chi connectivity index (χ1) is 24.8. The molecule has 8 heteroatoms. The Hall–Kier alpha value is -6.54. The van der Waals surface area contributed by atoms with Crippen LogP contribution in [0.5, 0.6) is 0 Å². The molecule has 0 unspecified atom stereocenters. The highest BCUT2D eigenvalue weighted by molar-refractivity contribution is 5.73. The number of nitrogens with one attached hydrogen (secondary N) is 1. The van der Waals surface area contributed by atoms with E-state index in [2.05, 4.69) is 81.0 Å². The third kappa shape index (κ3) is 8.48. The molecular weight excluding hydrogens is 617 g/mol. The van der Waals surface area contributed by atoms with Crippen LogP contribution in [0.4, 0.5) is 0 Å². The molecule has 3 aromatic heterocycles. The molecule has 7 rings (SSSR count). The van der Waals surface area contributed by atoms with Gasteiger partial charge in [0.25, 0.3) is 0 Å². The Balaban J connectivity index is 1.17. The lowest BCUT2D eigenvalue weighted by Crippen LogP contribution is -2.33. The summed E-state index contributed by atoms with van der Waals surface area (Å²) in [6.45, 7) is 1.55. The molecule has 2 aliphatic heterocycles. The molecular formula is C42H37N8+.